The maximum absolute atomic E-state index is 9.64. The van der Waals surface area contributed by atoms with Gasteiger partial charge in [0.05, 0.1) is 24.0 Å². The SMILES string of the molecule is Cc1cc(CNc2ccccc2N2CCC(O)CC2)no1. The number of benzene rings is 1. The first-order valence-corrected chi connectivity index (χ1v) is 7.40. The van der Waals surface area contributed by atoms with E-state index in [4.69, 9.17) is 4.52 Å². The van der Waals surface area contributed by atoms with Gasteiger partial charge >= 0.3 is 0 Å². The molecule has 112 valence electrons. The van der Waals surface area contributed by atoms with Crippen molar-refractivity contribution in [2.75, 3.05) is 23.3 Å². The summed E-state index contributed by atoms with van der Waals surface area (Å²) in [5.74, 6) is 0.824. The molecular formula is C16H21N3O2. The monoisotopic (exact) mass is 287 g/mol. The number of nitrogens with zero attached hydrogens (tertiary/aromatic N) is 2. The summed E-state index contributed by atoms with van der Waals surface area (Å²) in [5, 5.41) is 17.1. The Kier molecular flexibility index (Phi) is 4.10. The highest BCUT2D eigenvalue weighted by molar-refractivity contribution is 5.70. The lowest BCUT2D eigenvalue weighted by Crippen LogP contribution is -2.36. The minimum absolute atomic E-state index is 0.153. The van der Waals surface area contributed by atoms with Crippen molar-refractivity contribution in [1.29, 1.82) is 0 Å². The van der Waals surface area contributed by atoms with Gasteiger partial charge in [0.2, 0.25) is 0 Å². The molecule has 1 saturated heterocycles. The third-order valence-corrected chi connectivity index (χ3v) is 3.85. The molecule has 0 amide bonds. The number of hydrogen-bond donors (Lipinski definition) is 2. The van der Waals surface area contributed by atoms with E-state index in [9.17, 15) is 5.11 Å². The minimum atomic E-state index is -0.153. The van der Waals surface area contributed by atoms with Gasteiger partial charge in [0.1, 0.15) is 11.5 Å². The second-order valence-corrected chi connectivity index (χ2v) is 5.52. The van der Waals surface area contributed by atoms with Crippen molar-refractivity contribution in [2.24, 2.45) is 0 Å². The highest BCUT2D eigenvalue weighted by atomic mass is 16.5. The van der Waals surface area contributed by atoms with Crippen LogP contribution in [-0.2, 0) is 6.54 Å². The van der Waals surface area contributed by atoms with Crippen molar-refractivity contribution in [3.05, 3.63) is 41.8 Å². The molecule has 2 aromatic rings. The van der Waals surface area contributed by atoms with Gasteiger partial charge in [-0.1, -0.05) is 17.3 Å². The molecule has 1 aromatic carbocycles. The van der Waals surface area contributed by atoms with Crippen LogP contribution in [0.4, 0.5) is 11.4 Å². The quantitative estimate of drug-likeness (QED) is 0.905. The topological polar surface area (TPSA) is 61.5 Å². The molecule has 2 heterocycles. The molecular weight excluding hydrogens is 266 g/mol. The smallest absolute Gasteiger partial charge is 0.133 e. The molecule has 1 aliphatic heterocycles. The normalized spacial score (nSPS) is 16.2. The number of anilines is 2. The Morgan fingerprint density at radius 3 is 2.81 bits per heavy atom. The highest BCUT2D eigenvalue weighted by Crippen LogP contribution is 2.28. The third-order valence-electron chi connectivity index (χ3n) is 3.85. The van der Waals surface area contributed by atoms with Gasteiger partial charge in [-0.2, -0.15) is 0 Å². The lowest BCUT2D eigenvalue weighted by molar-refractivity contribution is 0.145. The summed E-state index contributed by atoms with van der Waals surface area (Å²) in [7, 11) is 0. The van der Waals surface area contributed by atoms with E-state index < -0.39 is 0 Å². The molecule has 0 bridgehead atoms. The first-order valence-electron chi connectivity index (χ1n) is 7.40. The first kappa shape index (κ1) is 13.9. The van der Waals surface area contributed by atoms with E-state index in [0.29, 0.717) is 6.54 Å². The van der Waals surface area contributed by atoms with E-state index in [2.05, 4.69) is 27.5 Å². The number of aromatic nitrogens is 1. The van der Waals surface area contributed by atoms with Gasteiger partial charge in [-0.15, -0.1) is 0 Å². The Balaban J connectivity index is 1.70. The van der Waals surface area contributed by atoms with Gasteiger partial charge in [0.25, 0.3) is 0 Å². The molecule has 5 heteroatoms. The molecule has 0 spiro atoms. The van der Waals surface area contributed by atoms with Crippen LogP contribution < -0.4 is 10.2 Å². The van der Waals surface area contributed by atoms with Gasteiger partial charge in [0.15, 0.2) is 0 Å². The van der Waals surface area contributed by atoms with Crippen molar-refractivity contribution in [1.82, 2.24) is 5.16 Å². The Labute approximate surface area is 124 Å². The zero-order chi connectivity index (χ0) is 14.7. The second kappa shape index (κ2) is 6.18. The minimum Gasteiger partial charge on any atom is -0.393 e. The summed E-state index contributed by atoms with van der Waals surface area (Å²) in [6.07, 6.45) is 1.51. The van der Waals surface area contributed by atoms with Gasteiger partial charge in [-0.25, -0.2) is 0 Å². The van der Waals surface area contributed by atoms with E-state index >= 15 is 0 Å². The predicted molar refractivity (Wildman–Crippen MR) is 82.5 cm³/mol. The molecule has 0 unspecified atom stereocenters. The van der Waals surface area contributed by atoms with Crippen LogP contribution in [0.1, 0.15) is 24.3 Å². The Morgan fingerprint density at radius 2 is 2.10 bits per heavy atom. The van der Waals surface area contributed by atoms with Crippen molar-refractivity contribution in [2.45, 2.75) is 32.4 Å². The molecule has 0 saturated carbocycles. The van der Waals surface area contributed by atoms with Gasteiger partial charge in [-0.05, 0) is 31.9 Å². The number of aryl methyl sites for hydroxylation is 1. The molecule has 3 rings (SSSR count). The zero-order valence-corrected chi connectivity index (χ0v) is 12.2. The summed E-state index contributed by atoms with van der Waals surface area (Å²) in [6, 6.07) is 10.2. The van der Waals surface area contributed by atoms with E-state index in [1.807, 2.05) is 25.1 Å². The van der Waals surface area contributed by atoms with E-state index in [-0.39, 0.29) is 6.10 Å². The average Bonchev–Trinajstić information content (AvgIpc) is 2.92. The Morgan fingerprint density at radius 1 is 1.33 bits per heavy atom. The molecule has 5 nitrogen and oxygen atoms in total. The van der Waals surface area contributed by atoms with Crippen LogP contribution >= 0.6 is 0 Å². The van der Waals surface area contributed by atoms with Crippen LogP contribution in [0.5, 0.6) is 0 Å². The predicted octanol–water partition coefficient (Wildman–Crippen LogP) is 2.56. The molecule has 1 aromatic heterocycles. The molecule has 2 N–H and O–H groups in total. The summed E-state index contributed by atoms with van der Waals surface area (Å²) in [5.41, 5.74) is 3.18. The summed E-state index contributed by atoms with van der Waals surface area (Å²) >= 11 is 0. The standard InChI is InChI=1S/C16H21N3O2/c1-12-10-13(18-21-12)11-17-15-4-2-3-5-16(15)19-8-6-14(20)7-9-19/h2-5,10,14,17,20H,6-9,11H2,1H3. The molecule has 1 aliphatic rings. The lowest BCUT2D eigenvalue weighted by atomic mass is 10.1. The maximum atomic E-state index is 9.64. The van der Waals surface area contributed by atoms with E-state index in [1.165, 1.54) is 5.69 Å². The number of hydrogen-bond acceptors (Lipinski definition) is 5. The molecule has 0 atom stereocenters. The number of aliphatic hydroxyl groups is 1. The molecule has 1 fully saturated rings. The van der Waals surface area contributed by atoms with Crippen LogP contribution in [0.15, 0.2) is 34.9 Å². The average molecular weight is 287 g/mol. The number of rotatable bonds is 4. The van der Waals surface area contributed by atoms with Crippen molar-refractivity contribution in [3.63, 3.8) is 0 Å². The fourth-order valence-electron chi connectivity index (χ4n) is 2.69. The zero-order valence-electron chi connectivity index (χ0n) is 12.2. The van der Waals surface area contributed by atoms with Gasteiger partial charge < -0.3 is 19.8 Å². The summed E-state index contributed by atoms with van der Waals surface area (Å²) in [4.78, 5) is 2.32. The molecule has 0 radical (unpaired) electrons. The fraction of sp³-hybridized carbons (Fsp3) is 0.438. The Bertz CT molecular complexity index is 589. The summed E-state index contributed by atoms with van der Waals surface area (Å²) in [6.45, 7) is 4.32. The van der Waals surface area contributed by atoms with Crippen molar-refractivity contribution >= 4 is 11.4 Å². The summed E-state index contributed by atoms with van der Waals surface area (Å²) < 4.78 is 5.08. The van der Waals surface area contributed by atoms with Gasteiger partial charge in [-0.3, -0.25) is 0 Å². The maximum Gasteiger partial charge on any atom is 0.133 e. The van der Waals surface area contributed by atoms with Crippen LogP contribution in [-0.4, -0.2) is 29.5 Å². The van der Waals surface area contributed by atoms with Crippen LogP contribution in [0.25, 0.3) is 0 Å². The first-order chi connectivity index (χ1) is 10.2. The highest BCUT2D eigenvalue weighted by Gasteiger charge is 2.19. The fourth-order valence-corrected chi connectivity index (χ4v) is 2.69. The molecule has 21 heavy (non-hydrogen) atoms. The molecule has 0 aliphatic carbocycles. The lowest BCUT2D eigenvalue weighted by Gasteiger charge is -2.32. The van der Waals surface area contributed by atoms with Crippen molar-refractivity contribution < 1.29 is 9.63 Å². The van der Waals surface area contributed by atoms with Crippen LogP contribution in [0.2, 0.25) is 0 Å². The largest absolute Gasteiger partial charge is 0.393 e. The van der Waals surface area contributed by atoms with Gasteiger partial charge in [0, 0.05) is 19.2 Å². The second-order valence-electron chi connectivity index (χ2n) is 5.52. The van der Waals surface area contributed by atoms with Crippen LogP contribution in [0.3, 0.4) is 0 Å². The Hall–Kier alpha value is -2.01. The van der Waals surface area contributed by atoms with Crippen molar-refractivity contribution in [3.8, 4) is 0 Å². The number of piperidine rings is 1. The third kappa shape index (κ3) is 3.36. The van der Waals surface area contributed by atoms with Crippen LogP contribution in [0, 0.1) is 6.92 Å². The number of nitrogens with one attached hydrogen (secondary N) is 1. The van der Waals surface area contributed by atoms with E-state index in [0.717, 1.165) is 43.1 Å². The van der Waals surface area contributed by atoms with E-state index in [1.54, 1.807) is 0 Å². The number of para-hydroxylation sites is 2. The number of aliphatic hydroxyl groups excluding tert-OH is 1.